The summed E-state index contributed by atoms with van der Waals surface area (Å²) in [6, 6.07) is 10.8. The second-order valence-electron chi connectivity index (χ2n) is 8.50. The molecule has 1 heterocycles. The van der Waals surface area contributed by atoms with E-state index in [1.54, 1.807) is 54.3 Å². The zero-order chi connectivity index (χ0) is 23.7. The first-order valence-corrected chi connectivity index (χ1v) is 11.9. The van der Waals surface area contributed by atoms with E-state index in [4.69, 9.17) is 33.7 Å². The second-order valence-corrected chi connectivity index (χ2v) is 9.34. The zero-order valence-corrected chi connectivity index (χ0v) is 19.8. The molecule has 0 aromatic heterocycles. The third kappa shape index (κ3) is 4.34. The molecule has 4 rings (SSSR count). The number of rotatable bonds is 5. The van der Waals surface area contributed by atoms with Gasteiger partial charge in [0.2, 0.25) is 5.91 Å². The molecule has 0 saturated heterocycles. The molecule has 2 amide bonds. The molecule has 4 unspecified atom stereocenters. The number of nitrogens with zero attached hydrogens (tertiary/aromatic N) is 1. The lowest BCUT2D eigenvalue weighted by molar-refractivity contribution is -0.152. The minimum atomic E-state index is -0.831. The molecule has 6 nitrogen and oxygen atoms in total. The van der Waals surface area contributed by atoms with Crippen molar-refractivity contribution in [1.82, 2.24) is 4.90 Å². The minimum absolute atomic E-state index is 0.250. The highest BCUT2D eigenvalue weighted by Gasteiger charge is 2.49. The summed E-state index contributed by atoms with van der Waals surface area (Å²) in [5.74, 6) is -2.47. The highest BCUT2D eigenvalue weighted by atomic mass is 35.5. The van der Waals surface area contributed by atoms with Crippen molar-refractivity contribution in [3.05, 3.63) is 69.2 Å². The number of primary amides is 1. The summed E-state index contributed by atoms with van der Waals surface area (Å²) in [4.78, 5) is 41.3. The van der Waals surface area contributed by atoms with Crippen LogP contribution in [0, 0.1) is 5.92 Å². The summed E-state index contributed by atoms with van der Waals surface area (Å²) < 4.78 is 5.35. The molecule has 1 saturated carbocycles. The van der Waals surface area contributed by atoms with Gasteiger partial charge in [-0.2, -0.15) is 0 Å². The maximum absolute atomic E-state index is 13.9. The number of esters is 1. The Morgan fingerprint density at radius 1 is 1.09 bits per heavy atom. The summed E-state index contributed by atoms with van der Waals surface area (Å²) in [5.41, 5.74) is 7.48. The number of carbonyl (C=O) groups excluding carboxylic acids is 3. The van der Waals surface area contributed by atoms with E-state index < -0.39 is 29.8 Å². The number of nitrogens with two attached hydrogens (primary N) is 1. The molecule has 0 bridgehead atoms. The third-order valence-electron chi connectivity index (χ3n) is 6.64. The lowest BCUT2D eigenvalue weighted by Crippen LogP contribution is -2.55. The van der Waals surface area contributed by atoms with Crippen molar-refractivity contribution in [2.45, 2.75) is 50.6 Å². The van der Waals surface area contributed by atoms with Crippen molar-refractivity contribution in [1.29, 1.82) is 0 Å². The van der Waals surface area contributed by atoms with E-state index in [2.05, 4.69) is 0 Å². The van der Waals surface area contributed by atoms with E-state index in [0.717, 1.165) is 12.8 Å². The molecule has 2 aromatic carbocycles. The fraction of sp³-hybridized carbons (Fsp3) is 0.400. The largest absolute Gasteiger partial charge is 0.466 e. The van der Waals surface area contributed by atoms with E-state index >= 15 is 0 Å². The molecule has 174 valence electrons. The molecule has 2 aliphatic rings. The van der Waals surface area contributed by atoms with E-state index in [-0.39, 0.29) is 18.5 Å². The Morgan fingerprint density at radius 2 is 1.82 bits per heavy atom. The average Bonchev–Trinajstić information content (AvgIpc) is 2.79. The highest BCUT2D eigenvalue weighted by molar-refractivity contribution is 6.35. The fourth-order valence-electron chi connectivity index (χ4n) is 5.26. The standard InChI is InChI=1S/C25H26Cl2N2O4/c1-2-33-25(32)18-9-5-6-10-20(18)29-22(17-12-11-14(26)13-19(17)27)21(23(28)30)15-7-3-4-8-16(15)24(29)31/h3-4,7-8,11-13,18,20-22H,2,5-6,9-10H2,1H3,(H2,28,30). The molecule has 1 aliphatic heterocycles. The van der Waals surface area contributed by atoms with Gasteiger partial charge in [-0.15, -0.1) is 0 Å². The summed E-state index contributed by atoms with van der Waals surface area (Å²) in [5, 5.41) is 0.773. The van der Waals surface area contributed by atoms with Gasteiger partial charge in [0.25, 0.3) is 5.91 Å². The normalized spacial score (nSPS) is 24.8. The van der Waals surface area contributed by atoms with Gasteiger partial charge in [-0.1, -0.05) is 60.3 Å². The second kappa shape index (κ2) is 9.74. The van der Waals surface area contributed by atoms with E-state index in [0.29, 0.717) is 39.6 Å². The Balaban J connectivity index is 1.92. The van der Waals surface area contributed by atoms with Crippen LogP contribution in [-0.2, 0) is 14.3 Å². The van der Waals surface area contributed by atoms with Crippen LogP contribution in [0.2, 0.25) is 10.0 Å². The molecule has 1 fully saturated rings. The predicted octanol–water partition coefficient (Wildman–Crippen LogP) is 4.88. The third-order valence-corrected chi connectivity index (χ3v) is 7.20. The van der Waals surface area contributed by atoms with Gasteiger partial charge in [-0.25, -0.2) is 0 Å². The van der Waals surface area contributed by atoms with Crippen molar-refractivity contribution in [2.24, 2.45) is 11.7 Å². The van der Waals surface area contributed by atoms with Gasteiger partial charge in [-0.05, 0) is 49.1 Å². The van der Waals surface area contributed by atoms with Crippen molar-refractivity contribution in [3.8, 4) is 0 Å². The molecule has 1 aliphatic carbocycles. The summed E-state index contributed by atoms with van der Waals surface area (Å²) >= 11 is 12.7. The summed E-state index contributed by atoms with van der Waals surface area (Å²) in [7, 11) is 0. The summed E-state index contributed by atoms with van der Waals surface area (Å²) in [6.45, 7) is 2.02. The molecule has 2 aromatic rings. The van der Waals surface area contributed by atoms with Crippen LogP contribution >= 0.6 is 23.2 Å². The van der Waals surface area contributed by atoms with Gasteiger partial charge in [0.05, 0.1) is 24.5 Å². The minimum Gasteiger partial charge on any atom is -0.466 e. The van der Waals surface area contributed by atoms with Crippen LogP contribution in [-0.4, -0.2) is 35.3 Å². The molecule has 8 heteroatoms. The van der Waals surface area contributed by atoms with Crippen LogP contribution in [0.5, 0.6) is 0 Å². The number of carbonyl (C=O) groups is 3. The molecule has 0 spiro atoms. The molecule has 0 radical (unpaired) electrons. The van der Waals surface area contributed by atoms with E-state index in [1.165, 1.54) is 0 Å². The maximum Gasteiger partial charge on any atom is 0.311 e. The van der Waals surface area contributed by atoms with Gasteiger partial charge < -0.3 is 15.4 Å². The quantitative estimate of drug-likeness (QED) is 0.607. The van der Waals surface area contributed by atoms with Crippen LogP contribution in [0.4, 0.5) is 0 Å². The van der Waals surface area contributed by atoms with E-state index in [1.807, 2.05) is 0 Å². The van der Waals surface area contributed by atoms with Crippen LogP contribution in [0.15, 0.2) is 42.5 Å². The molecular formula is C25H26Cl2N2O4. The number of fused-ring (bicyclic) bond motifs is 1. The monoisotopic (exact) mass is 488 g/mol. The highest BCUT2D eigenvalue weighted by Crippen LogP contribution is 2.48. The Hall–Kier alpha value is -2.57. The van der Waals surface area contributed by atoms with Gasteiger partial charge in [0.1, 0.15) is 0 Å². The number of halogens is 2. The first kappa shape index (κ1) is 23.6. The van der Waals surface area contributed by atoms with Crippen LogP contribution in [0.3, 0.4) is 0 Å². The topological polar surface area (TPSA) is 89.7 Å². The number of hydrogen-bond acceptors (Lipinski definition) is 4. The Bertz CT molecular complexity index is 1090. The van der Waals surface area contributed by atoms with Gasteiger partial charge in [0, 0.05) is 21.7 Å². The lowest BCUT2D eigenvalue weighted by atomic mass is 9.75. The first-order valence-electron chi connectivity index (χ1n) is 11.2. The van der Waals surface area contributed by atoms with Crippen LogP contribution < -0.4 is 5.73 Å². The number of benzene rings is 2. The van der Waals surface area contributed by atoms with Crippen molar-refractivity contribution < 1.29 is 19.1 Å². The van der Waals surface area contributed by atoms with Crippen molar-refractivity contribution >= 4 is 41.0 Å². The summed E-state index contributed by atoms with van der Waals surface area (Å²) in [6.07, 6.45) is 2.94. The molecule has 4 atom stereocenters. The van der Waals surface area contributed by atoms with Crippen LogP contribution in [0.25, 0.3) is 0 Å². The van der Waals surface area contributed by atoms with E-state index in [9.17, 15) is 14.4 Å². The Kier molecular flexibility index (Phi) is 6.96. The van der Waals surface area contributed by atoms with Crippen molar-refractivity contribution in [2.75, 3.05) is 6.61 Å². The zero-order valence-electron chi connectivity index (χ0n) is 18.3. The van der Waals surface area contributed by atoms with Crippen LogP contribution in [0.1, 0.15) is 66.1 Å². The molecule has 2 N–H and O–H groups in total. The predicted molar refractivity (Wildman–Crippen MR) is 126 cm³/mol. The SMILES string of the molecule is CCOC(=O)C1CCCCC1N1C(=O)c2ccccc2C(C(N)=O)C1c1ccc(Cl)cc1Cl. The van der Waals surface area contributed by atoms with Crippen molar-refractivity contribution in [3.63, 3.8) is 0 Å². The molecular weight excluding hydrogens is 463 g/mol. The molecule has 33 heavy (non-hydrogen) atoms. The number of ether oxygens (including phenoxy) is 1. The smallest absolute Gasteiger partial charge is 0.311 e. The fourth-order valence-corrected chi connectivity index (χ4v) is 5.78. The number of amides is 2. The first-order chi connectivity index (χ1) is 15.8. The van der Waals surface area contributed by atoms with Gasteiger partial charge in [-0.3, -0.25) is 14.4 Å². The average molecular weight is 489 g/mol. The van der Waals surface area contributed by atoms with Gasteiger partial charge in [0.15, 0.2) is 0 Å². The maximum atomic E-state index is 13.9. The Morgan fingerprint density at radius 3 is 2.52 bits per heavy atom. The lowest BCUT2D eigenvalue weighted by Gasteiger charge is -2.48. The van der Waals surface area contributed by atoms with Gasteiger partial charge >= 0.3 is 5.97 Å². The number of hydrogen-bond donors (Lipinski definition) is 1. The Labute approximate surface area is 203 Å².